The fourth-order valence-electron chi connectivity index (χ4n) is 6.12. The van der Waals surface area contributed by atoms with Gasteiger partial charge in [-0.25, -0.2) is 9.97 Å². The van der Waals surface area contributed by atoms with Gasteiger partial charge in [0, 0.05) is 55.0 Å². The number of pyridine rings is 1. The molecule has 2 aromatic heterocycles. The number of fused-ring (bicyclic) bond motifs is 1. The smallest absolute Gasteiger partial charge is 0.265 e. The molecule has 3 heterocycles. The van der Waals surface area contributed by atoms with Crippen molar-refractivity contribution in [2.45, 2.75) is 44.7 Å². The third-order valence-corrected chi connectivity index (χ3v) is 9.23. The molecule has 0 bridgehead atoms. The third-order valence-electron chi connectivity index (χ3n) is 8.51. The van der Waals surface area contributed by atoms with Crippen LogP contribution in [0, 0.1) is 6.92 Å². The molecule has 2 amide bonds. The van der Waals surface area contributed by atoms with Crippen molar-refractivity contribution in [3.05, 3.63) is 91.6 Å². The van der Waals surface area contributed by atoms with Gasteiger partial charge in [0.25, 0.3) is 11.5 Å². The van der Waals surface area contributed by atoms with Gasteiger partial charge in [-0.15, -0.1) is 0 Å². The largest absolute Gasteiger partial charge is 0.481 e. The van der Waals surface area contributed by atoms with Crippen molar-refractivity contribution >= 4 is 40.7 Å². The van der Waals surface area contributed by atoms with Crippen LogP contribution in [0.3, 0.4) is 0 Å². The zero-order valence-corrected chi connectivity index (χ0v) is 26.6. The number of nitrogens with one attached hydrogen (secondary N) is 3. The van der Waals surface area contributed by atoms with E-state index in [9.17, 15) is 14.4 Å². The molecule has 3 N–H and O–H groups in total. The molecule has 232 valence electrons. The van der Waals surface area contributed by atoms with Crippen LogP contribution in [-0.4, -0.2) is 46.0 Å². The zero-order chi connectivity index (χ0) is 31.8. The summed E-state index contributed by atoms with van der Waals surface area (Å²) in [5.74, 6) is 0.0350. The van der Waals surface area contributed by atoms with Crippen LogP contribution in [0.4, 0.5) is 5.69 Å². The number of amides is 2. The molecular formula is C33H32Cl2N6O4. The Kier molecular flexibility index (Phi) is 8.63. The normalized spacial score (nSPS) is 17.2. The van der Waals surface area contributed by atoms with E-state index in [1.807, 2.05) is 31.2 Å². The number of hydrogen-bond donors (Lipinski definition) is 3. The van der Waals surface area contributed by atoms with Crippen LogP contribution in [0.1, 0.15) is 52.4 Å². The second-order valence-corrected chi connectivity index (χ2v) is 12.1. The van der Waals surface area contributed by atoms with Crippen LogP contribution in [-0.2, 0) is 18.3 Å². The lowest BCUT2D eigenvalue weighted by atomic mass is 9.96. The van der Waals surface area contributed by atoms with Crippen LogP contribution >= 0.6 is 23.2 Å². The van der Waals surface area contributed by atoms with E-state index < -0.39 is 11.5 Å². The number of halogens is 2. The van der Waals surface area contributed by atoms with Gasteiger partial charge in [0.05, 0.1) is 34.9 Å². The number of carbonyl (C=O) groups is 2. The van der Waals surface area contributed by atoms with Crippen molar-refractivity contribution in [1.29, 1.82) is 0 Å². The summed E-state index contributed by atoms with van der Waals surface area (Å²) >= 11 is 13.6. The number of ether oxygens (including phenoxy) is 1. The molecular weight excluding hydrogens is 615 g/mol. The minimum Gasteiger partial charge on any atom is -0.481 e. The Morgan fingerprint density at radius 3 is 2.67 bits per heavy atom. The molecule has 45 heavy (non-hydrogen) atoms. The van der Waals surface area contributed by atoms with Crippen LogP contribution in [0.25, 0.3) is 22.4 Å². The van der Waals surface area contributed by atoms with Gasteiger partial charge in [0.2, 0.25) is 11.8 Å². The Labute approximate surface area is 270 Å². The summed E-state index contributed by atoms with van der Waals surface area (Å²) in [4.78, 5) is 46.0. The van der Waals surface area contributed by atoms with E-state index in [4.69, 9.17) is 32.9 Å². The molecule has 10 nitrogen and oxygen atoms in total. The summed E-state index contributed by atoms with van der Waals surface area (Å²) in [6.45, 7) is 2.53. The maximum absolute atomic E-state index is 13.1. The van der Waals surface area contributed by atoms with Crippen molar-refractivity contribution in [2.75, 3.05) is 19.0 Å². The highest BCUT2D eigenvalue weighted by Gasteiger charge is 2.30. The maximum Gasteiger partial charge on any atom is 0.265 e. The Morgan fingerprint density at radius 2 is 1.91 bits per heavy atom. The minimum absolute atomic E-state index is 0.0769. The quantitative estimate of drug-likeness (QED) is 0.239. The van der Waals surface area contributed by atoms with Crippen LogP contribution in [0.15, 0.2) is 53.7 Å². The zero-order valence-electron chi connectivity index (χ0n) is 25.0. The number of aryl methyl sites for hydroxylation is 2. The molecule has 1 aliphatic heterocycles. The second-order valence-electron chi connectivity index (χ2n) is 11.3. The van der Waals surface area contributed by atoms with E-state index in [-0.39, 0.29) is 23.6 Å². The molecule has 2 aliphatic rings. The topological polar surface area (TPSA) is 127 Å². The van der Waals surface area contributed by atoms with Gasteiger partial charge in [-0.2, -0.15) is 0 Å². The fraction of sp³-hybridized carbons (Fsp3) is 0.303. The molecule has 0 unspecified atom stereocenters. The van der Waals surface area contributed by atoms with Gasteiger partial charge in [-0.1, -0.05) is 47.5 Å². The number of nitrogens with zero attached hydrogens (tertiary/aromatic N) is 3. The molecule has 2 atom stereocenters. The SMILES string of the molecule is COc1nc(-c2cccc(-c3ccc(Cl)c(NC(=O)c4cncn(C)c4=O)c3C)c2Cl)cc2c1[C@@H](NC[C@@H]1CCC(=O)N1)CC2. The molecule has 4 aromatic rings. The number of anilines is 1. The molecule has 0 spiro atoms. The minimum atomic E-state index is -0.610. The Balaban J connectivity index is 1.31. The van der Waals surface area contributed by atoms with Gasteiger partial charge in [0.1, 0.15) is 5.56 Å². The van der Waals surface area contributed by atoms with E-state index in [1.54, 1.807) is 13.2 Å². The van der Waals surface area contributed by atoms with E-state index in [1.165, 1.54) is 24.1 Å². The Hall–Kier alpha value is -4.25. The lowest BCUT2D eigenvalue weighted by Crippen LogP contribution is -2.36. The maximum atomic E-state index is 13.1. The van der Waals surface area contributed by atoms with E-state index in [0.29, 0.717) is 45.8 Å². The standard InChI is InChI=1S/C33H32Cl2N6O4/c1-17-20(9-10-24(34)30(17)40-31(43)23-15-36-16-41(2)33(23)44)21-5-4-6-22(29(21)35)26-13-18-7-11-25(28(18)32(39-26)45-3)37-14-19-8-12-27(42)38-19/h4-6,9-10,13,15-16,19,25,37H,7-8,11-12,14H2,1-3H3,(H,38,42)(H,40,43)/t19-,25-/m0/s1. The summed E-state index contributed by atoms with van der Waals surface area (Å²) in [6, 6.07) is 11.5. The van der Waals surface area contributed by atoms with Gasteiger partial charge in [-0.05, 0) is 55.0 Å². The first-order valence-corrected chi connectivity index (χ1v) is 15.4. The number of hydrogen-bond acceptors (Lipinski definition) is 7. The molecule has 0 saturated carbocycles. The number of rotatable bonds is 8. The van der Waals surface area contributed by atoms with Crippen molar-refractivity contribution in [1.82, 2.24) is 25.2 Å². The number of methoxy groups -OCH3 is 1. The lowest BCUT2D eigenvalue weighted by Gasteiger charge is -2.20. The Bertz CT molecular complexity index is 1890. The average Bonchev–Trinajstić information content (AvgIpc) is 3.64. The predicted octanol–water partition coefficient (Wildman–Crippen LogP) is 5.24. The highest BCUT2D eigenvalue weighted by Crippen LogP contribution is 2.43. The van der Waals surface area contributed by atoms with Crippen LogP contribution < -0.4 is 26.2 Å². The van der Waals surface area contributed by atoms with Crippen LogP contribution in [0.2, 0.25) is 10.0 Å². The monoisotopic (exact) mass is 646 g/mol. The van der Waals surface area contributed by atoms with Crippen molar-refractivity contribution in [3.8, 4) is 28.3 Å². The Morgan fingerprint density at radius 1 is 1.11 bits per heavy atom. The van der Waals surface area contributed by atoms with E-state index in [2.05, 4.69) is 27.0 Å². The molecule has 2 aromatic carbocycles. The highest BCUT2D eigenvalue weighted by atomic mass is 35.5. The van der Waals surface area contributed by atoms with Gasteiger partial charge < -0.3 is 25.3 Å². The van der Waals surface area contributed by atoms with E-state index in [0.717, 1.165) is 47.1 Å². The summed E-state index contributed by atoms with van der Waals surface area (Å²) in [7, 11) is 3.14. The molecule has 12 heteroatoms. The number of aromatic nitrogens is 3. The first-order chi connectivity index (χ1) is 21.7. The molecule has 1 aliphatic carbocycles. The number of carbonyl (C=O) groups excluding carboxylic acids is 2. The molecule has 1 fully saturated rings. The summed E-state index contributed by atoms with van der Waals surface area (Å²) in [6.07, 6.45) is 5.73. The van der Waals surface area contributed by atoms with Crippen LogP contribution in [0.5, 0.6) is 5.88 Å². The average molecular weight is 648 g/mol. The van der Waals surface area contributed by atoms with E-state index >= 15 is 0 Å². The fourth-order valence-corrected chi connectivity index (χ4v) is 6.70. The van der Waals surface area contributed by atoms with Crippen molar-refractivity contribution in [3.63, 3.8) is 0 Å². The summed E-state index contributed by atoms with van der Waals surface area (Å²) in [5, 5.41) is 10.2. The second kappa shape index (κ2) is 12.6. The first kappa shape index (κ1) is 30.8. The summed E-state index contributed by atoms with van der Waals surface area (Å²) in [5.41, 5.74) is 5.59. The van der Waals surface area contributed by atoms with Crippen molar-refractivity contribution < 1.29 is 14.3 Å². The van der Waals surface area contributed by atoms with Crippen molar-refractivity contribution in [2.24, 2.45) is 7.05 Å². The van der Waals surface area contributed by atoms with Gasteiger partial charge in [-0.3, -0.25) is 14.4 Å². The third kappa shape index (κ3) is 5.93. The highest BCUT2D eigenvalue weighted by molar-refractivity contribution is 6.36. The van der Waals surface area contributed by atoms with Gasteiger partial charge >= 0.3 is 0 Å². The predicted molar refractivity (Wildman–Crippen MR) is 174 cm³/mol. The molecule has 0 radical (unpaired) electrons. The first-order valence-electron chi connectivity index (χ1n) is 14.7. The van der Waals surface area contributed by atoms with Gasteiger partial charge in [0.15, 0.2) is 0 Å². The molecule has 6 rings (SSSR count). The molecule has 1 saturated heterocycles. The summed E-state index contributed by atoms with van der Waals surface area (Å²) < 4.78 is 7.02. The number of benzene rings is 2. The lowest BCUT2D eigenvalue weighted by molar-refractivity contribution is -0.119.